The van der Waals surface area contributed by atoms with E-state index >= 15 is 0 Å². The molecule has 4 heteroatoms. The first-order chi connectivity index (χ1) is 11.6. The fraction of sp³-hybridized carbons (Fsp3) is 0.350. The summed E-state index contributed by atoms with van der Waals surface area (Å²) in [6, 6.07) is 16.6. The standard InChI is InChI=1S/C20H23IN2O/c1-16-3-5-17(6-4-16)15-22-11-2-12-23(14-13-22)20(24)18-7-9-19(21)10-8-18/h3-10H,2,11-15H2,1H3. The van der Waals surface area contributed by atoms with Crippen molar-refractivity contribution in [3.05, 3.63) is 68.8 Å². The van der Waals surface area contributed by atoms with Crippen molar-refractivity contribution in [3.63, 3.8) is 0 Å². The van der Waals surface area contributed by atoms with Crippen LogP contribution in [-0.2, 0) is 6.54 Å². The molecule has 1 amide bonds. The minimum Gasteiger partial charge on any atom is -0.337 e. The Morgan fingerprint density at radius 1 is 0.958 bits per heavy atom. The molecule has 3 rings (SSSR count). The molecule has 1 aliphatic rings. The summed E-state index contributed by atoms with van der Waals surface area (Å²) in [6.45, 7) is 6.70. The van der Waals surface area contributed by atoms with E-state index in [4.69, 9.17) is 0 Å². The van der Waals surface area contributed by atoms with Crippen LogP contribution in [0.25, 0.3) is 0 Å². The Kier molecular flexibility index (Phi) is 5.89. The third-order valence-corrected chi connectivity index (χ3v) is 5.21. The lowest BCUT2D eigenvalue weighted by Gasteiger charge is -2.22. The number of halogens is 1. The molecule has 1 fully saturated rings. The van der Waals surface area contributed by atoms with Crippen molar-refractivity contribution in [1.29, 1.82) is 0 Å². The highest BCUT2D eigenvalue weighted by atomic mass is 127. The van der Waals surface area contributed by atoms with Gasteiger partial charge in [0, 0.05) is 41.9 Å². The number of benzene rings is 2. The summed E-state index contributed by atoms with van der Waals surface area (Å²) in [5.74, 6) is 0.156. The Labute approximate surface area is 157 Å². The number of hydrogen-bond acceptors (Lipinski definition) is 2. The molecule has 0 atom stereocenters. The van der Waals surface area contributed by atoms with Crippen molar-refractivity contribution in [3.8, 4) is 0 Å². The second-order valence-electron chi connectivity index (χ2n) is 6.41. The second kappa shape index (κ2) is 8.12. The zero-order chi connectivity index (χ0) is 16.9. The van der Waals surface area contributed by atoms with Crippen LogP contribution in [0.5, 0.6) is 0 Å². The lowest BCUT2D eigenvalue weighted by Crippen LogP contribution is -2.35. The molecule has 0 saturated carbocycles. The van der Waals surface area contributed by atoms with Crippen LogP contribution in [-0.4, -0.2) is 41.9 Å². The average Bonchev–Trinajstić information content (AvgIpc) is 2.83. The summed E-state index contributed by atoms with van der Waals surface area (Å²) in [7, 11) is 0. The number of carbonyl (C=O) groups excluding carboxylic acids is 1. The van der Waals surface area contributed by atoms with Crippen LogP contribution < -0.4 is 0 Å². The Balaban J connectivity index is 1.59. The normalized spacial score (nSPS) is 16.0. The fourth-order valence-corrected chi connectivity index (χ4v) is 3.42. The maximum absolute atomic E-state index is 12.7. The number of rotatable bonds is 3. The molecule has 0 unspecified atom stereocenters. The number of carbonyl (C=O) groups is 1. The summed E-state index contributed by atoms with van der Waals surface area (Å²) in [5, 5.41) is 0. The Morgan fingerprint density at radius 3 is 2.38 bits per heavy atom. The van der Waals surface area contributed by atoms with E-state index in [1.54, 1.807) is 0 Å². The van der Waals surface area contributed by atoms with Crippen molar-refractivity contribution in [2.24, 2.45) is 0 Å². The smallest absolute Gasteiger partial charge is 0.253 e. The van der Waals surface area contributed by atoms with Crippen molar-refractivity contribution < 1.29 is 4.79 Å². The molecule has 0 bridgehead atoms. The van der Waals surface area contributed by atoms with Gasteiger partial charge in [-0.05, 0) is 65.8 Å². The van der Waals surface area contributed by atoms with Crippen molar-refractivity contribution >= 4 is 28.5 Å². The summed E-state index contributed by atoms with van der Waals surface area (Å²) in [5.41, 5.74) is 3.43. The predicted molar refractivity (Wildman–Crippen MR) is 106 cm³/mol. The van der Waals surface area contributed by atoms with Crippen LogP contribution in [0.3, 0.4) is 0 Å². The van der Waals surface area contributed by atoms with E-state index in [9.17, 15) is 4.79 Å². The number of nitrogens with zero attached hydrogens (tertiary/aromatic N) is 2. The Hall–Kier alpha value is -1.40. The quantitative estimate of drug-likeness (QED) is 0.684. The molecule has 0 spiro atoms. The highest BCUT2D eigenvalue weighted by Gasteiger charge is 2.20. The van der Waals surface area contributed by atoms with Gasteiger partial charge in [-0.1, -0.05) is 29.8 Å². The molecule has 1 aliphatic heterocycles. The molecule has 0 aromatic heterocycles. The number of aryl methyl sites for hydroxylation is 1. The maximum atomic E-state index is 12.7. The molecular formula is C20H23IN2O. The molecule has 1 saturated heterocycles. The molecular weight excluding hydrogens is 411 g/mol. The van der Waals surface area contributed by atoms with Gasteiger partial charge in [0.25, 0.3) is 5.91 Å². The van der Waals surface area contributed by atoms with Gasteiger partial charge in [-0.25, -0.2) is 0 Å². The van der Waals surface area contributed by atoms with E-state index in [1.165, 1.54) is 11.1 Å². The van der Waals surface area contributed by atoms with E-state index in [1.807, 2.05) is 29.2 Å². The third-order valence-electron chi connectivity index (χ3n) is 4.49. The first kappa shape index (κ1) is 17.4. The van der Waals surface area contributed by atoms with Gasteiger partial charge >= 0.3 is 0 Å². The third kappa shape index (κ3) is 4.57. The van der Waals surface area contributed by atoms with Gasteiger partial charge in [0.2, 0.25) is 0 Å². The van der Waals surface area contributed by atoms with Gasteiger partial charge in [-0.15, -0.1) is 0 Å². The fourth-order valence-electron chi connectivity index (χ4n) is 3.06. The lowest BCUT2D eigenvalue weighted by atomic mass is 10.1. The molecule has 0 aliphatic carbocycles. The topological polar surface area (TPSA) is 23.6 Å². The zero-order valence-electron chi connectivity index (χ0n) is 14.0. The molecule has 24 heavy (non-hydrogen) atoms. The first-order valence-electron chi connectivity index (χ1n) is 8.44. The molecule has 1 heterocycles. The number of amides is 1. The molecule has 0 radical (unpaired) electrons. The first-order valence-corrected chi connectivity index (χ1v) is 9.52. The summed E-state index contributed by atoms with van der Waals surface area (Å²) >= 11 is 2.26. The molecule has 0 N–H and O–H groups in total. The highest BCUT2D eigenvalue weighted by molar-refractivity contribution is 14.1. The molecule has 2 aromatic rings. The molecule has 2 aromatic carbocycles. The second-order valence-corrected chi connectivity index (χ2v) is 7.66. The summed E-state index contributed by atoms with van der Waals surface area (Å²) in [4.78, 5) is 17.1. The highest BCUT2D eigenvalue weighted by Crippen LogP contribution is 2.14. The summed E-state index contributed by atoms with van der Waals surface area (Å²) < 4.78 is 1.16. The van der Waals surface area contributed by atoms with Crippen molar-refractivity contribution in [2.45, 2.75) is 19.9 Å². The molecule has 3 nitrogen and oxygen atoms in total. The zero-order valence-corrected chi connectivity index (χ0v) is 16.2. The van der Waals surface area contributed by atoms with E-state index < -0.39 is 0 Å². The van der Waals surface area contributed by atoms with Gasteiger partial charge in [-0.2, -0.15) is 0 Å². The monoisotopic (exact) mass is 434 g/mol. The van der Waals surface area contributed by atoms with Crippen LogP contribution in [0.2, 0.25) is 0 Å². The minimum absolute atomic E-state index is 0.156. The van der Waals surface area contributed by atoms with Gasteiger partial charge in [-0.3, -0.25) is 9.69 Å². The Morgan fingerprint density at radius 2 is 1.67 bits per heavy atom. The Bertz CT molecular complexity index is 682. The number of hydrogen-bond donors (Lipinski definition) is 0. The largest absolute Gasteiger partial charge is 0.337 e. The van der Waals surface area contributed by atoms with E-state index in [2.05, 4.69) is 58.7 Å². The van der Waals surface area contributed by atoms with E-state index in [0.717, 1.165) is 48.3 Å². The van der Waals surface area contributed by atoms with Crippen LogP contribution in [0.1, 0.15) is 27.9 Å². The van der Waals surface area contributed by atoms with Crippen LogP contribution >= 0.6 is 22.6 Å². The van der Waals surface area contributed by atoms with E-state index in [0.29, 0.717) is 0 Å². The summed E-state index contributed by atoms with van der Waals surface area (Å²) in [6.07, 6.45) is 1.03. The van der Waals surface area contributed by atoms with Crippen LogP contribution in [0, 0.1) is 10.5 Å². The average molecular weight is 434 g/mol. The van der Waals surface area contributed by atoms with Gasteiger partial charge < -0.3 is 4.90 Å². The van der Waals surface area contributed by atoms with E-state index in [-0.39, 0.29) is 5.91 Å². The van der Waals surface area contributed by atoms with Crippen LogP contribution in [0.4, 0.5) is 0 Å². The van der Waals surface area contributed by atoms with Gasteiger partial charge in [0.1, 0.15) is 0 Å². The maximum Gasteiger partial charge on any atom is 0.253 e. The van der Waals surface area contributed by atoms with Crippen molar-refractivity contribution in [2.75, 3.05) is 26.2 Å². The van der Waals surface area contributed by atoms with Gasteiger partial charge in [0.15, 0.2) is 0 Å². The lowest BCUT2D eigenvalue weighted by molar-refractivity contribution is 0.0761. The van der Waals surface area contributed by atoms with Crippen molar-refractivity contribution in [1.82, 2.24) is 9.80 Å². The van der Waals surface area contributed by atoms with Crippen LogP contribution in [0.15, 0.2) is 48.5 Å². The molecule has 126 valence electrons. The SMILES string of the molecule is Cc1ccc(CN2CCCN(C(=O)c3ccc(I)cc3)CC2)cc1. The van der Waals surface area contributed by atoms with Gasteiger partial charge in [0.05, 0.1) is 0 Å². The predicted octanol–water partition coefficient (Wildman–Crippen LogP) is 3.95. The minimum atomic E-state index is 0.156.